The topological polar surface area (TPSA) is 73.8 Å². The van der Waals surface area contributed by atoms with E-state index in [2.05, 4.69) is 4.98 Å². The first kappa shape index (κ1) is 23.9. The number of hydrogen-bond donors (Lipinski definition) is 0. The normalized spacial score (nSPS) is 23.6. The SMILES string of the molecule is CN(C)CCN1C(=O)CC(CC(=O)N2CCCCC2c2nccs2)(c2ccccc2Cl)C1=O. The number of nitrogens with zero attached hydrogens (tertiary/aromatic N) is 4. The molecular weight excluding hydrogens is 460 g/mol. The molecule has 2 aliphatic rings. The van der Waals surface area contributed by atoms with Crippen LogP contribution in [0.3, 0.4) is 0 Å². The number of carbonyl (C=O) groups is 3. The summed E-state index contributed by atoms with van der Waals surface area (Å²) >= 11 is 8.08. The standard InChI is InChI=1S/C24H29ClN4O3S/c1-27(2)12-13-29-21(31)16-24(23(29)32,17-7-3-4-8-18(17)25)15-20(30)28-11-6-5-9-19(28)22-26-10-14-33-22/h3-4,7-8,10,14,19H,5-6,9,11-13,15-16H2,1-2H3. The number of carbonyl (C=O) groups excluding carboxylic acids is 3. The van der Waals surface area contributed by atoms with Crippen molar-refractivity contribution in [3.63, 3.8) is 0 Å². The molecule has 2 atom stereocenters. The summed E-state index contributed by atoms with van der Waals surface area (Å²) in [5, 5.41) is 3.23. The molecule has 2 unspecified atom stereocenters. The smallest absolute Gasteiger partial charge is 0.240 e. The lowest BCUT2D eigenvalue weighted by atomic mass is 9.75. The van der Waals surface area contributed by atoms with Crippen molar-refractivity contribution in [2.75, 3.05) is 33.7 Å². The van der Waals surface area contributed by atoms with Crippen molar-refractivity contribution in [2.45, 2.75) is 43.6 Å². The first-order valence-corrected chi connectivity index (χ1v) is 12.5. The highest BCUT2D eigenvalue weighted by atomic mass is 35.5. The number of piperidine rings is 1. The summed E-state index contributed by atoms with van der Waals surface area (Å²) < 4.78 is 0. The second-order valence-corrected chi connectivity index (χ2v) is 10.4. The first-order chi connectivity index (χ1) is 15.8. The molecular formula is C24H29ClN4O3S. The number of imide groups is 1. The highest BCUT2D eigenvalue weighted by Gasteiger charge is 2.55. The minimum absolute atomic E-state index is 0.0511. The van der Waals surface area contributed by atoms with Crippen LogP contribution in [-0.4, -0.2) is 71.1 Å². The Bertz CT molecular complexity index is 1030. The maximum atomic E-state index is 13.8. The number of halogens is 1. The van der Waals surface area contributed by atoms with Gasteiger partial charge in [-0.3, -0.25) is 19.3 Å². The van der Waals surface area contributed by atoms with Crippen molar-refractivity contribution < 1.29 is 14.4 Å². The van der Waals surface area contributed by atoms with Crippen LogP contribution in [0.5, 0.6) is 0 Å². The Balaban J connectivity index is 1.68. The molecule has 7 nitrogen and oxygen atoms in total. The number of likely N-dealkylation sites (N-methyl/N-ethyl adjacent to an activating group) is 1. The average molecular weight is 489 g/mol. The predicted octanol–water partition coefficient (Wildman–Crippen LogP) is 3.50. The van der Waals surface area contributed by atoms with Crippen molar-refractivity contribution in [3.8, 4) is 0 Å². The van der Waals surface area contributed by atoms with E-state index in [1.165, 1.54) is 4.90 Å². The largest absolute Gasteiger partial charge is 0.333 e. The minimum atomic E-state index is -1.29. The van der Waals surface area contributed by atoms with Gasteiger partial charge in [0.25, 0.3) is 0 Å². The van der Waals surface area contributed by atoms with Crippen LogP contribution in [0.15, 0.2) is 35.8 Å². The number of rotatable bonds is 7. The van der Waals surface area contributed by atoms with Gasteiger partial charge in [0.15, 0.2) is 0 Å². The number of hydrogen-bond acceptors (Lipinski definition) is 6. The molecule has 2 saturated heterocycles. The van der Waals surface area contributed by atoms with E-state index in [0.29, 0.717) is 23.7 Å². The van der Waals surface area contributed by atoms with Crippen LogP contribution in [0.4, 0.5) is 0 Å². The van der Waals surface area contributed by atoms with Gasteiger partial charge in [0.05, 0.1) is 11.5 Å². The van der Waals surface area contributed by atoms with E-state index >= 15 is 0 Å². The summed E-state index contributed by atoms with van der Waals surface area (Å²) in [5.41, 5.74) is -0.738. The molecule has 176 valence electrons. The fourth-order valence-corrected chi connectivity index (χ4v) is 5.97. The third-order valence-electron chi connectivity index (χ3n) is 6.58. The second-order valence-electron chi connectivity index (χ2n) is 9.04. The van der Waals surface area contributed by atoms with Crippen molar-refractivity contribution >= 4 is 40.7 Å². The van der Waals surface area contributed by atoms with Crippen LogP contribution in [-0.2, 0) is 19.8 Å². The Morgan fingerprint density at radius 1 is 1.27 bits per heavy atom. The Labute approximate surface area is 203 Å². The maximum absolute atomic E-state index is 13.8. The highest BCUT2D eigenvalue weighted by Crippen LogP contribution is 2.44. The molecule has 0 bridgehead atoms. The van der Waals surface area contributed by atoms with Crippen molar-refractivity contribution in [1.29, 1.82) is 0 Å². The third-order valence-corrected chi connectivity index (χ3v) is 7.79. The molecule has 4 rings (SSSR count). The van der Waals surface area contributed by atoms with Gasteiger partial charge in [-0.2, -0.15) is 0 Å². The number of thiazole rings is 1. The van der Waals surface area contributed by atoms with Gasteiger partial charge in [0.1, 0.15) is 5.01 Å². The summed E-state index contributed by atoms with van der Waals surface area (Å²) in [4.78, 5) is 50.1. The fourth-order valence-electron chi connectivity index (χ4n) is 4.87. The summed E-state index contributed by atoms with van der Waals surface area (Å²) in [6.45, 7) is 1.47. The minimum Gasteiger partial charge on any atom is -0.333 e. The molecule has 0 radical (unpaired) electrons. The van der Waals surface area contributed by atoms with Gasteiger partial charge in [-0.05, 0) is 45.0 Å². The summed E-state index contributed by atoms with van der Waals surface area (Å²) in [7, 11) is 3.79. The van der Waals surface area contributed by atoms with Crippen molar-refractivity contribution in [1.82, 2.24) is 19.7 Å². The third kappa shape index (κ3) is 4.69. The van der Waals surface area contributed by atoms with Crippen molar-refractivity contribution in [2.24, 2.45) is 0 Å². The second kappa shape index (κ2) is 9.91. The van der Waals surface area contributed by atoms with Gasteiger partial charge in [-0.1, -0.05) is 29.8 Å². The monoisotopic (exact) mass is 488 g/mol. The van der Waals surface area contributed by atoms with Crippen LogP contribution in [0, 0.1) is 0 Å². The molecule has 0 spiro atoms. The quantitative estimate of drug-likeness (QED) is 0.558. The Hall–Kier alpha value is -2.29. The average Bonchev–Trinajstić information content (AvgIpc) is 3.40. The number of aromatic nitrogens is 1. The van der Waals surface area contributed by atoms with Gasteiger partial charge >= 0.3 is 0 Å². The number of benzene rings is 1. The molecule has 1 aromatic heterocycles. The highest BCUT2D eigenvalue weighted by molar-refractivity contribution is 7.09. The van der Waals surface area contributed by atoms with Crippen LogP contribution >= 0.6 is 22.9 Å². The predicted molar refractivity (Wildman–Crippen MR) is 128 cm³/mol. The van der Waals surface area contributed by atoms with E-state index in [0.717, 1.165) is 24.3 Å². The molecule has 3 amide bonds. The molecule has 3 heterocycles. The Kier molecular flexibility index (Phi) is 7.16. The molecule has 2 fully saturated rings. The molecule has 2 aliphatic heterocycles. The molecule has 2 aromatic rings. The van der Waals surface area contributed by atoms with Crippen LogP contribution in [0.25, 0.3) is 0 Å². The summed E-state index contributed by atoms with van der Waals surface area (Å²) in [6, 6.07) is 6.97. The van der Waals surface area contributed by atoms with Crippen LogP contribution in [0.2, 0.25) is 5.02 Å². The molecule has 0 N–H and O–H groups in total. The Morgan fingerprint density at radius 3 is 2.76 bits per heavy atom. The fraction of sp³-hybridized carbons (Fsp3) is 0.500. The zero-order chi connectivity index (χ0) is 23.6. The van der Waals surface area contributed by atoms with Crippen LogP contribution < -0.4 is 0 Å². The molecule has 1 aromatic carbocycles. The van der Waals surface area contributed by atoms with E-state index < -0.39 is 5.41 Å². The van der Waals surface area contributed by atoms with E-state index in [9.17, 15) is 14.4 Å². The van der Waals surface area contributed by atoms with Gasteiger partial charge in [0.2, 0.25) is 17.7 Å². The lowest BCUT2D eigenvalue weighted by Crippen LogP contribution is -2.46. The molecule has 0 saturated carbocycles. The van der Waals surface area contributed by atoms with Gasteiger partial charge in [0, 0.05) is 49.1 Å². The zero-order valence-corrected chi connectivity index (χ0v) is 20.6. The van der Waals surface area contributed by atoms with E-state index in [1.54, 1.807) is 41.8 Å². The van der Waals surface area contributed by atoms with Gasteiger partial charge in [-0.25, -0.2) is 4.98 Å². The summed E-state index contributed by atoms with van der Waals surface area (Å²) in [6.07, 6.45) is 4.41. The lowest BCUT2D eigenvalue weighted by molar-refractivity contribution is -0.144. The van der Waals surface area contributed by atoms with E-state index in [1.807, 2.05) is 29.3 Å². The van der Waals surface area contributed by atoms with Gasteiger partial charge < -0.3 is 9.80 Å². The zero-order valence-electron chi connectivity index (χ0n) is 19.0. The van der Waals surface area contributed by atoms with E-state index in [-0.39, 0.29) is 43.1 Å². The molecule has 9 heteroatoms. The van der Waals surface area contributed by atoms with Gasteiger partial charge in [-0.15, -0.1) is 11.3 Å². The van der Waals surface area contributed by atoms with Crippen molar-refractivity contribution in [3.05, 3.63) is 51.4 Å². The number of amides is 3. The first-order valence-electron chi connectivity index (χ1n) is 11.3. The maximum Gasteiger partial charge on any atom is 0.240 e. The molecule has 33 heavy (non-hydrogen) atoms. The molecule has 0 aliphatic carbocycles. The van der Waals surface area contributed by atoms with Crippen LogP contribution in [0.1, 0.15) is 48.7 Å². The Morgan fingerprint density at radius 2 is 2.06 bits per heavy atom. The number of likely N-dealkylation sites (tertiary alicyclic amines) is 2. The summed E-state index contributed by atoms with van der Waals surface area (Å²) in [5.74, 6) is -0.728. The van der Waals surface area contributed by atoms with E-state index in [4.69, 9.17) is 11.6 Å². The lowest BCUT2D eigenvalue weighted by Gasteiger charge is -2.37.